The maximum Gasteiger partial charge on any atom is 0.310 e. The van der Waals surface area contributed by atoms with Crippen LogP contribution in [0, 0.1) is 5.82 Å². The molecule has 0 amide bonds. The van der Waals surface area contributed by atoms with E-state index in [9.17, 15) is 9.18 Å². The van der Waals surface area contributed by atoms with E-state index in [1.54, 1.807) is 25.1 Å². The number of hydrogen-bond donors (Lipinski definition) is 0. The number of carbonyl (C=O) groups is 1. The molecule has 2 rings (SSSR count). The first-order chi connectivity index (χ1) is 8.22. The SMILES string of the molecule is CCOC(=O)Cc1cccc2c(F)cccc12. The highest BCUT2D eigenvalue weighted by Crippen LogP contribution is 2.22. The molecule has 0 saturated carbocycles. The van der Waals surface area contributed by atoms with Crippen molar-refractivity contribution in [3.63, 3.8) is 0 Å². The molecule has 0 heterocycles. The van der Waals surface area contributed by atoms with Crippen LogP contribution in [0.4, 0.5) is 4.39 Å². The summed E-state index contributed by atoms with van der Waals surface area (Å²) in [5, 5.41) is 1.30. The van der Waals surface area contributed by atoms with E-state index in [1.807, 2.05) is 12.1 Å². The first-order valence-electron chi connectivity index (χ1n) is 5.54. The van der Waals surface area contributed by atoms with Gasteiger partial charge in [0.15, 0.2) is 0 Å². The second-order valence-corrected chi connectivity index (χ2v) is 3.73. The van der Waals surface area contributed by atoms with Crippen molar-refractivity contribution in [1.29, 1.82) is 0 Å². The Morgan fingerprint density at radius 2 is 1.88 bits per heavy atom. The minimum Gasteiger partial charge on any atom is -0.466 e. The molecule has 2 nitrogen and oxygen atoms in total. The third kappa shape index (κ3) is 2.44. The smallest absolute Gasteiger partial charge is 0.310 e. The van der Waals surface area contributed by atoms with Crippen LogP contribution in [-0.2, 0) is 16.0 Å². The minimum absolute atomic E-state index is 0.175. The quantitative estimate of drug-likeness (QED) is 0.760. The Morgan fingerprint density at radius 1 is 1.18 bits per heavy atom. The van der Waals surface area contributed by atoms with Crippen LogP contribution in [0.2, 0.25) is 0 Å². The molecule has 2 aromatic rings. The molecule has 88 valence electrons. The maximum atomic E-state index is 13.5. The molecule has 3 heteroatoms. The monoisotopic (exact) mass is 232 g/mol. The lowest BCUT2D eigenvalue weighted by molar-refractivity contribution is -0.142. The Bertz CT molecular complexity index is 549. The van der Waals surface area contributed by atoms with Crippen molar-refractivity contribution in [3.05, 3.63) is 47.8 Å². The minimum atomic E-state index is -0.288. The number of fused-ring (bicyclic) bond motifs is 1. The summed E-state index contributed by atoms with van der Waals surface area (Å²) in [6.07, 6.45) is 0.175. The predicted molar refractivity (Wildman–Crippen MR) is 64.2 cm³/mol. The number of halogens is 1. The average molecular weight is 232 g/mol. The zero-order valence-electron chi connectivity index (χ0n) is 9.57. The molecule has 0 aliphatic rings. The van der Waals surface area contributed by atoms with Gasteiger partial charge in [0.05, 0.1) is 13.0 Å². The lowest BCUT2D eigenvalue weighted by atomic mass is 10.0. The molecule has 2 aromatic carbocycles. The van der Waals surface area contributed by atoms with Gasteiger partial charge in [-0.1, -0.05) is 30.3 Å². The Labute approximate surface area is 99.0 Å². The molecule has 0 aliphatic heterocycles. The summed E-state index contributed by atoms with van der Waals surface area (Å²) in [6.45, 7) is 2.12. The molecule has 0 radical (unpaired) electrons. The molecular formula is C14H13FO2. The van der Waals surface area contributed by atoms with Crippen molar-refractivity contribution in [1.82, 2.24) is 0 Å². The fraction of sp³-hybridized carbons (Fsp3) is 0.214. The van der Waals surface area contributed by atoms with E-state index in [4.69, 9.17) is 4.74 Å². The van der Waals surface area contributed by atoms with E-state index >= 15 is 0 Å². The largest absolute Gasteiger partial charge is 0.466 e. The molecule has 0 aliphatic carbocycles. The zero-order chi connectivity index (χ0) is 12.3. The van der Waals surface area contributed by atoms with Crippen molar-refractivity contribution >= 4 is 16.7 Å². The number of ether oxygens (including phenoxy) is 1. The third-order valence-corrected chi connectivity index (χ3v) is 2.60. The van der Waals surface area contributed by atoms with Crippen LogP contribution >= 0.6 is 0 Å². The summed E-state index contributed by atoms with van der Waals surface area (Å²) in [6, 6.07) is 10.1. The van der Waals surface area contributed by atoms with E-state index in [0.29, 0.717) is 12.0 Å². The van der Waals surface area contributed by atoms with Crippen molar-refractivity contribution in [3.8, 4) is 0 Å². The van der Waals surface area contributed by atoms with E-state index in [0.717, 1.165) is 10.9 Å². The number of carbonyl (C=O) groups excluding carboxylic acids is 1. The van der Waals surface area contributed by atoms with Gasteiger partial charge in [0.2, 0.25) is 0 Å². The van der Waals surface area contributed by atoms with Gasteiger partial charge in [0, 0.05) is 5.39 Å². The van der Waals surface area contributed by atoms with Gasteiger partial charge in [0.25, 0.3) is 0 Å². The van der Waals surface area contributed by atoms with Crippen LogP contribution in [0.1, 0.15) is 12.5 Å². The van der Waals surface area contributed by atoms with Crippen molar-refractivity contribution in [2.75, 3.05) is 6.61 Å². The summed E-state index contributed by atoms with van der Waals surface area (Å²) in [4.78, 5) is 11.4. The van der Waals surface area contributed by atoms with Gasteiger partial charge >= 0.3 is 5.97 Å². The van der Waals surface area contributed by atoms with Crippen LogP contribution in [0.5, 0.6) is 0 Å². The fourth-order valence-corrected chi connectivity index (χ4v) is 1.86. The van der Waals surface area contributed by atoms with Crippen LogP contribution in [0.3, 0.4) is 0 Å². The molecule has 0 spiro atoms. The van der Waals surface area contributed by atoms with Crippen molar-refractivity contribution in [2.24, 2.45) is 0 Å². The van der Waals surface area contributed by atoms with Crippen LogP contribution in [0.25, 0.3) is 10.8 Å². The first kappa shape index (κ1) is 11.6. The molecule has 0 aromatic heterocycles. The maximum absolute atomic E-state index is 13.5. The lowest BCUT2D eigenvalue weighted by Crippen LogP contribution is -2.07. The number of rotatable bonds is 3. The highest BCUT2D eigenvalue weighted by Gasteiger charge is 2.09. The van der Waals surface area contributed by atoms with Gasteiger partial charge in [-0.25, -0.2) is 4.39 Å². The first-order valence-corrected chi connectivity index (χ1v) is 5.54. The number of esters is 1. The van der Waals surface area contributed by atoms with Gasteiger partial charge < -0.3 is 4.74 Å². The molecule has 0 fully saturated rings. The van der Waals surface area contributed by atoms with E-state index in [-0.39, 0.29) is 18.2 Å². The highest BCUT2D eigenvalue weighted by atomic mass is 19.1. The van der Waals surface area contributed by atoms with E-state index in [1.165, 1.54) is 6.07 Å². The number of benzene rings is 2. The van der Waals surface area contributed by atoms with Crippen molar-refractivity contribution < 1.29 is 13.9 Å². The molecule has 0 bridgehead atoms. The average Bonchev–Trinajstić information content (AvgIpc) is 2.31. The van der Waals surface area contributed by atoms with Crippen LogP contribution in [0.15, 0.2) is 36.4 Å². The van der Waals surface area contributed by atoms with E-state index < -0.39 is 0 Å². The van der Waals surface area contributed by atoms with Crippen LogP contribution < -0.4 is 0 Å². The number of hydrogen-bond acceptors (Lipinski definition) is 2. The lowest BCUT2D eigenvalue weighted by Gasteiger charge is -2.06. The Hall–Kier alpha value is -1.90. The second kappa shape index (κ2) is 4.95. The summed E-state index contributed by atoms with van der Waals surface area (Å²) in [5.41, 5.74) is 0.792. The van der Waals surface area contributed by atoms with Gasteiger partial charge in [0.1, 0.15) is 5.82 Å². The molecule has 0 atom stereocenters. The topological polar surface area (TPSA) is 26.3 Å². The molecule has 0 N–H and O–H groups in total. The van der Waals surface area contributed by atoms with Crippen LogP contribution in [-0.4, -0.2) is 12.6 Å². The van der Waals surface area contributed by atoms with E-state index in [2.05, 4.69) is 0 Å². The zero-order valence-corrected chi connectivity index (χ0v) is 9.57. The summed E-state index contributed by atoms with van der Waals surface area (Å²) in [7, 11) is 0. The standard InChI is InChI=1S/C14H13FO2/c1-2-17-14(16)9-10-5-3-7-12-11(10)6-4-8-13(12)15/h3-8H,2,9H2,1H3. The molecule has 17 heavy (non-hydrogen) atoms. The summed E-state index contributed by atoms with van der Waals surface area (Å²) >= 11 is 0. The fourth-order valence-electron chi connectivity index (χ4n) is 1.86. The Kier molecular flexibility index (Phi) is 3.38. The van der Waals surface area contributed by atoms with Gasteiger partial charge in [-0.3, -0.25) is 4.79 Å². The summed E-state index contributed by atoms with van der Waals surface area (Å²) < 4.78 is 18.4. The van der Waals surface area contributed by atoms with Gasteiger partial charge in [-0.2, -0.15) is 0 Å². The predicted octanol–water partition coefficient (Wildman–Crippen LogP) is 3.08. The summed E-state index contributed by atoms with van der Waals surface area (Å²) in [5.74, 6) is -0.558. The van der Waals surface area contributed by atoms with Gasteiger partial charge in [-0.15, -0.1) is 0 Å². The Balaban J connectivity index is 2.41. The molecule has 0 unspecified atom stereocenters. The molecular weight excluding hydrogens is 219 g/mol. The third-order valence-electron chi connectivity index (χ3n) is 2.60. The second-order valence-electron chi connectivity index (χ2n) is 3.73. The van der Waals surface area contributed by atoms with Crippen molar-refractivity contribution in [2.45, 2.75) is 13.3 Å². The molecule has 0 saturated heterocycles. The highest BCUT2D eigenvalue weighted by molar-refractivity contribution is 5.89. The normalized spacial score (nSPS) is 10.5. The van der Waals surface area contributed by atoms with Gasteiger partial charge in [-0.05, 0) is 23.9 Å². The Morgan fingerprint density at radius 3 is 2.65 bits per heavy atom.